The third-order valence-corrected chi connectivity index (χ3v) is 5.54. The van der Waals surface area contributed by atoms with Gasteiger partial charge in [0.2, 0.25) is 0 Å². The molecule has 0 spiro atoms. The molecule has 0 radical (unpaired) electrons. The Labute approximate surface area is 165 Å². The first-order valence-corrected chi connectivity index (χ1v) is 9.87. The van der Waals surface area contributed by atoms with Crippen molar-refractivity contribution in [2.45, 2.75) is 52.5 Å². The van der Waals surface area contributed by atoms with Crippen LogP contribution in [0.1, 0.15) is 57.2 Å². The fourth-order valence-electron chi connectivity index (χ4n) is 3.85. The molecule has 0 heterocycles. The number of ether oxygens (including phenoxy) is 1. The van der Waals surface area contributed by atoms with E-state index in [1.54, 1.807) is 0 Å². The number of halogens is 1. The minimum absolute atomic E-state index is 0.271. The van der Waals surface area contributed by atoms with Gasteiger partial charge < -0.3 is 15.2 Å². The van der Waals surface area contributed by atoms with Gasteiger partial charge in [-0.2, -0.15) is 0 Å². The lowest BCUT2D eigenvalue weighted by Gasteiger charge is -2.40. The number of carboxylic acid groups (broad SMARTS) is 1. The van der Waals surface area contributed by atoms with E-state index in [9.17, 15) is 9.90 Å². The Morgan fingerprint density at radius 2 is 2.11 bits per heavy atom. The van der Waals surface area contributed by atoms with Crippen LogP contribution in [0, 0.1) is 11.2 Å². The highest BCUT2D eigenvalue weighted by Crippen LogP contribution is 2.45. The molecule has 0 bridgehead atoms. The van der Waals surface area contributed by atoms with E-state index in [1.807, 2.05) is 44.2 Å². The smallest absolute Gasteiger partial charge is 0.405 e. The Hall–Kier alpha value is -2.56. The number of aryl methyl sites for hydroxylation is 1. The van der Waals surface area contributed by atoms with E-state index >= 15 is 4.39 Å². The predicted molar refractivity (Wildman–Crippen MR) is 108 cm³/mol. The molecule has 1 aliphatic rings. The fraction of sp³-hybridized carbons (Fsp3) is 0.435. The van der Waals surface area contributed by atoms with Crippen molar-refractivity contribution in [1.29, 1.82) is 0 Å². The van der Waals surface area contributed by atoms with Gasteiger partial charge in [0.1, 0.15) is 11.6 Å². The Morgan fingerprint density at radius 3 is 2.82 bits per heavy atom. The standard InChI is InChI=1S/C23H28FNO3/c1-4-5-11-28-17-8-6-7-15(12-17)18-13-16-9-10-23(2,3)21(25-22(26)27)19(16)14-20(18)24/h6-8,12-14,21,25H,4-5,9-11H2,1-3H3,(H,26,27)/t21-/m0/s1. The molecule has 4 nitrogen and oxygen atoms in total. The van der Waals surface area contributed by atoms with E-state index in [2.05, 4.69) is 12.2 Å². The summed E-state index contributed by atoms with van der Waals surface area (Å²) in [5.41, 5.74) is 2.74. The normalized spacial score (nSPS) is 17.6. The van der Waals surface area contributed by atoms with E-state index in [1.165, 1.54) is 6.07 Å². The molecule has 5 heteroatoms. The van der Waals surface area contributed by atoms with Gasteiger partial charge >= 0.3 is 6.09 Å². The molecule has 0 aliphatic heterocycles. The van der Waals surface area contributed by atoms with Crippen LogP contribution in [0.2, 0.25) is 0 Å². The second kappa shape index (κ2) is 8.21. The molecule has 2 aromatic rings. The summed E-state index contributed by atoms with van der Waals surface area (Å²) in [6.45, 7) is 6.78. The summed E-state index contributed by atoms with van der Waals surface area (Å²) in [7, 11) is 0. The van der Waals surface area contributed by atoms with Crippen molar-refractivity contribution in [3.63, 3.8) is 0 Å². The van der Waals surface area contributed by atoms with Crippen LogP contribution in [0.5, 0.6) is 5.75 Å². The zero-order chi connectivity index (χ0) is 20.3. The summed E-state index contributed by atoms with van der Waals surface area (Å²) in [5, 5.41) is 11.8. The topological polar surface area (TPSA) is 58.6 Å². The summed E-state index contributed by atoms with van der Waals surface area (Å²) < 4.78 is 20.8. The molecular formula is C23H28FNO3. The van der Waals surface area contributed by atoms with Crippen LogP contribution < -0.4 is 10.1 Å². The summed E-state index contributed by atoms with van der Waals surface area (Å²) in [4.78, 5) is 11.3. The number of hydrogen-bond donors (Lipinski definition) is 2. The zero-order valence-corrected chi connectivity index (χ0v) is 16.7. The maximum atomic E-state index is 15.0. The highest BCUT2D eigenvalue weighted by Gasteiger charge is 2.37. The highest BCUT2D eigenvalue weighted by molar-refractivity contribution is 5.69. The van der Waals surface area contributed by atoms with Crippen LogP contribution in [-0.2, 0) is 6.42 Å². The lowest BCUT2D eigenvalue weighted by Crippen LogP contribution is -2.40. The molecule has 0 saturated carbocycles. The average molecular weight is 385 g/mol. The van der Waals surface area contributed by atoms with Gasteiger partial charge in [-0.25, -0.2) is 9.18 Å². The molecule has 0 fully saturated rings. The van der Waals surface area contributed by atoms with Crippen molar-refractivity contribution >= 4 is 6.09 Å². The number of rotatable bonds is 6. The molecule has 1 aliphatic carbocycles. The molecule has 0 saturated heterocycles. The van der Waals surface area contributed by atoms with Crippen molar-refractivity contribution in [1.82, 2.24) is 5.32 Å². The SMILES string of the molecule is CCCCOc1cccc(-c2cc3c(cc2F)[C@H](NC(=O)O)C(C)(C)CC3)c1. The first-order chi connectivity index (χ1) is 13.3. The van der Waals surface area contributed by atoms with Crippen molar-refractivity contribution < 1.29 is 19.0 Å². The number of nitrogens with one attached hydrogen (secondary N) is 1. The summed E-state index contributed by atoms with van der Waals surface area (Å²) >= 11 is 0. The summed E-state index contributed by atoms with van der Waals surface area (Å²) in [6, 6.07) is 10.4. The van der Waals surface area contributed by atoms with E-state index < -0.39 is 12.1 Å². The number of fused-ring (bicyclic) bond motifs is 1. The molecular weight excluding hydrogens is 357 g/mol. The molecule has 2 aromatic carbocycles. The largest absolute Gasteiger partial charge is 0.494 e. The van der Waals surface area contributed by atoms with Crippen LogP contribution in [0.3, 0.4) is 0 Å². The second-order valence-electron chi connectivity index (χ2n) is 8.13. The molecule has 1 amide bonds. The van der Waals surface area contributed by atoms with Gasteiger partial charge in [-0.05, 0) is 65.6 Å². The molecule has 3 rings (SSSR count). The first kappa shape index (κ1) is 20.2. The third kappa shape index (κ3) is 4.29. The van der Waals surface area contributed by atoms with Gasteiger partial charge in [0, 0.05) is 5.56 Å². The van der Waals surface area contributed by atoms with Gasteiger partial charge in [-0.15, -0.1) is 0 Å². The van der Waals surface area contributed by atoms with E-state index in [0.29, 0.717) is 12.2 Å². The van der Waals surface area contributed by atoms with Gasteiger partial charge in [-0.1, -0.05) is 39.3 Å². The molecule has 0 aromatic heterocycles. The first-order valence-electron chi connectivity index (χ1n) is 9.87. The van der Waals surface area contributed by atoms with Crippen LogP contribution in [0.15, 0.2) is 36.4 Å². The summed E-state index contributed by atoms with van der Waals surface area (Å²) in [6.07, 6.45) is 2.56. The zero-order valence-electron chi connectivity index (χ0n) is 16.7. The maximum absolute atomic E-state index is 15.0. The lowest BCUT2D eigenvalue weighted by atomic mass is 9.70. The molecule has 150 valence electrons. The minimum Gasteiger partial charge on any atom is -0.494 e. The minimum atomic E-state index is -1.09. The second-order valence-corrected chi connectivity index (χ2v) is 8.13. The van der Waals surface area contributed by atoms with Gasteiger partial charge in [0.15, 0.2) is 0 Å². The number of benzene rings is 2. The van der Waals surface area contributed by atoms with Gasteiger partial charge in [-0.3, -0.25) is 0 Å². The van der Waals surface area contributed by atoms with E-state index in [0.717, 1.165) is 48.1 Å². The van der Waals surface area contributed by atoms with Crippen LogP contribution in [-0.4, -0.2) is 17.8 Å². The Bertz CT molecular complexity index is 863. The molecule has 2 N–H and O–H groups in total. The maximum Gasteiger partial charge on any atom is 0.405 e. The highest BCUT2D eigenvalue weighted by atomic mass is 19.1. The number of hydrogen-bond acceptors (Lipinski definition) is 2. The summed E-state index contributed by atoms with van der Waals surface area (Å²) in [5.74, 6) is 0.383. The van der Waals surface area contributed by atoms with Crippen molar-refractivity contribution in [3.05, 3.63) is 53.3 Å². The number of amides is 1. The number of unbranched alkanes of at least 4 members (excludes halogenated alkanes) is 1. The molecule has 1 atom stereocenters. The fourth-order valence-corrected chi connectivity index (χ4v) is 3.85. The van der Waals surface area contributed by atoms with Crippen LogP contribution in [0.25, 0.3) is 11.1 Å². The van der Waals surface area contributed by atoms with Crippen molar-refractivity contribution in [2.24, 2.45) is 5.41 Å². The van der Waals surface area contributed by atoms with E-state index in [4.69, 9.17) is 4.74 Å². The molecule has 0 unspecified atom stereocenters. The molecule has 28 heavy (non-hydrogen) atoms. The third-order valence-electron chi connectivity index (χ3n) is 5.54. The van der Waals surface area contributed by atoms with Crippen molar-refractivity contribution in [2.75, 3.05) is 6.61 Å². The van der Waals surface area contributed by atoms with Gasteiger partial charge in [0.25, 0.3) is 0 Å². The average Bonchev–Trinajstić information content (AvgIpc) is 2.64. The van der Waals surface area contributed by atoms with Gasteiger partial charge in [0.05, 0.1) is 12.6 Å². The monoisotopic (exact) mass is 385 g/mol. The van der Waals surface area contributed by atoms with E-state index in [-0.39, 0.29) is 11.2 Å². The van der Waals surface area contributed by atoms with Crippen LogP contribution >= 0.6 is 0 Å². The predicted octanol–water partition coefficient (Wildman–Crippen LogP) is 5.95. The quantitative estimate of drug-likeness (QED) is 0.604. The number of carbonyl (C=O) groups is 1. The van der Waals surface area contributed by atoms with Crippen molar-refractivity contribution in [3.8, 4) is 16.9 Å². The Balaban J connectivity index is 1.96. The Morgan fingerprint density at radius 1 is 1.32 bits per heavy atom. The van der Waals surface area contributed by atoms with Crippen LogP contribution in [0.4, 0.5) is 9.18 Å². The lowest BCUT2D eigenvalue weighted by molar-refractivity contribution is 0.161. The Kier molecular flexibility index (Phi) is 5.92.